The Morgan fingerprint density at radius 3 is 1.05 bits per heavy atom. The van der Waals surface area contributed by atoms with Crippen LogP contribution < -0.4 is 0 Å². The van der Waals surface area contributed by atoms with Crippen molar-refractivity contribution in [3.8, 4) is 90.6 Å². The van der Waals surface area contributed by atoms with E-state index in [0.29, 0.717) is 34.9 Å². The number of para-hydroxylation sites is 1. The van der Waals surface area contributed by atoms with Crippen molar-refractivity contribution in [2.24, 2.45) is 0 Å². The number of hydrogen-bond acceptors (Lipinski definition) is 9. The zero-order valence-corrected chi connectivity index (χ0v) is 58.9. The van der Waals surface area contributed by atoms with Crippen molar-refractivity contribution < 1.29 is 4.42 Å². The highest BCUT2D eigenvalue weighted by Gasteiger charge is 2.49. The van der Waals surface area contributed by atoms with Gasteiger partial charge in [0.05, 0.1) is 0 Å². The third-order valence-corrected chi connectivity index (χ3v) is 25.3. The van der Waals surface area contributed by atoms with E-state index in [1.165, 1.54) is 106 Å². The lowest BCUT2D eigenvalue weighted by Gasteiger charge is -2.48. The van der Waals surface area contributed by atoms with Gasteiger partial charge in [0, 0.05) is 95.3 Å². The van der Waals surface area contributed by atoms with Gasteiger partial charge in [-0.25, -0.2) is 29.9 Å². The lowest BCUT2D eigenvalue weighted by atomic mass is 9.55. The second-order valence-corrected chi connectivity index (χ2v) is 31.3. The van der Waals surface area contributed by atoms with E-state index in [9.17, 15) is 0 Å². The van der Waals surface area contributed by atoms with E-state index in [2.05, 4.69) is 237 Å². The van der Waals surface area contributed by atoms with Gasteiger partial charge in [-0.3, -0.25) is 0 Å². The molecular weight excluding hydrogens is 1270 g/mol. The summed E-state index contributed by atoms with van der Waals surface area (Å²) in [4.78, 5) is 30.5. The van der Waals surface area contributed by atoms with Crippen molar-refractivity contribution in [3.05, 3.63) is 289 Å². The molecule has 0 saturated carbocycles. The standard InChI is InChI=1S/C49H35N3OS.C43H33N3S/c1-48(2)36-22-12-10-19-32(36)41-30-17-8-9-18-31(30)42-35-27-29(25-26-39(35)54-44(42)43(41)49(48,3)4)46-50-45(28-15-6-5-7-16-28)51-47(52-46)34-21-14-24-38-40(34)33-20-11-13-23-37(33)53-38;1-42(2)33-22-14-13-21-31(33)35-29-19-11-12-20-30(29)36-32-25-28(23-24-34(32)47-38(36)37(35)43(42,3)4)41-45-39(26-15-7-5-8-16-26)44-40(46-41)27-17-9-6-10-18-27/h5-27H,1-4H3;5-25H,1-4H3. The van der Waals surface area contributed by atoms with Crippen LogP contribution in [0.15, 0.2) is 271 Å². The van der Waals surface area contributed by atoms with Crippen LogP contribution in [0.1, 0.15) is 77.6 Å². The number of thiophene rings is 2. The molecule has 5 heterocycles. The van der Waals surface area contributed by atoms with Crippen LogP contribution in [0.4, 0.5) is 0 Å². The first-order chi connectivity index (χ1) is 49.1. The molecule has 0 fully saturated rings. The molecule has 2 aliphatic carbocycles. The Balaban J connectivity index is 0.000000142. The Kier molecular flexibility index (Phi) is 13.6. The fourth-order valence-corrected chi connectivity index (χ4v) is 19.3. The van der Waals surface area contributed by atoms with Crippen molar-refractivity contribution >= 4 is 107 Å². The SMILES string of the molecule is CC1(C)c2ccccc2-c2c(c3sc4ccc(-c5nc(-c6ccccc6)nc(-c6cccc7oc8ccccc8c67)n5)cc4c3c3ccccc23)C1(C)C.CC1(C)c2ccccc2-c2c(c3sc4ccc(-c5nc(-c6ccccc6)nc(-c6ccccc6)n5)cc4c3c3ccccc23)C1(C)C. The number of rotatable bonds is 6. The first-order valence-corrected chi connectivity index (χ1v) is 36.4. The monoisotopic (exact) mass is 1340 g/mol. The molecule has 0 bridgehead atoms. The molecule has 0 atom stereocenters. The van der Waals surface area contributed by atoms with Crippen molar-refractivity contribution in [3.63, 3.8) is 0 Å². The van der Waals surface area contributed by atoms with Gasteiger partial charge < -0.3 is 4.42 Å². The highest BCUT2D eigenvalue weighted by atomic mass is 32.1. The molecule has 7 nitrogen and oxygen atoms in total. The van der Waals surface area contributed by atoms with Gasteiger partial charge in [0.25, 0.3) is 0 Å². The van der Waals surface area contributed by atoms with Crippen molar-refractivity contribution in [1.82, 2.24) is 29.9 Å². The van der Waals surface area contributed by atoms with Gasteiger partial charge in [-0.05, 0) is 125 Å². The molecule has 0 amide bonds. The van der Waals surface area contributed by atoms with Gasteiger partial charge in [0.15, 0.2) is 34.9 Å². The zero-order chi connectivity index (χ0) is 68.3. The van der Waals surface area contributed by atoms with E-state index in [1.54, 1.807) is 0 Å². The number of furan rings is 1. The topological polar surface area (TPSA) is 90.5 Å². The Morgan fingerprint density at radius 2 is 0.604 bits per heavy atom. The van der Waals surface area contributed by atoms with Gasteiger partial charge in [-0.15, -0.1) is 22.7 Å². The summed E-state index contributed by atoms with van der Waals surface area (Å²) in [6.45, 7) is 19.4. The minimum absolute atomic E-state index is 0.0557. The minimum Gasteiger partial charge on any atom is -0.456 e. The number of aromatic nitrogens is 6. The Bertz CT molecular complexity index is 6400. The normalized spacial score (nSPS) is 14.7. The zero-order valence-electron chi connectivity index (χ0n) is 57.3. The van der Waals surface area contributed by atoms with Crippen LogP contribution in [0.5, 0.6) is 0 Å². The maximum atomic E-state index is 6.28. The van der Waals surface area contributed by atoms with Crippen LogP contribution in [0, 0.1) is 0 Å². The predicted molar refractivity (Wildman–Crippen MR) is 423 cm³/mol. The third kappa shape index (κ3) is 9.15. The first-order valence-electron chi connectivity index (χ1n) is 34.7. The summed E-state index contributed by atoms with van der Waals surface area (Å²) in [5.41, 5.74) is 18.2. The maximum absolute atomic E-state index is 6.28. The van der Waals surface area contributed by atoms with Gasteiger partial charge in [-0.2, -0.15) is 0 Å². The summed E-state index contributed by atoms with van der Waals surface area (Å²) in [5.74, 6) is 3.92. The van der Waals surface area contributed by atoms with Crippen LogP contribution in [-0.2, 0) is 21.7 Å². The lowest BCUT2D eigenvalue weighted by Crippen LogP contribution is -2.43. The molecule has 0 spiro atoms. The molecule has 5 aromatic heterocycles. The van der Waals surface area contributed by atoms with Crippen LogP contribution in [0.3, 0.4) is 0 Å². The fourth-order valence-electron chi connectivity index (χ4n) is 16.5. The summed E-state index contributed by atoms with van der Waals surface area (Å²) >= 11 is 3.83. The molecule has 0 saturated heterocycles. The van der Waals surface area contributed by atoms with Gasteiger partial charge in [-0.1, -0.05) is 274 Å². The van der Waals surface area contributed by atoms with Gasteiger partial charge >= 0.3 is 0 Å². The van der Waals surface area contributed by atoms with Gasteiger partial charge in [0.2, 0.25) is 0 Å². The number of benzene rings is 13. The second-order valence-electron chi connectivity index (χ2n) is 29.2. The molecule has 0 N–H and O–H groups in total. The minimum atomic E-state index is -0.130. The third-order valence-electron chi connectivity index (χ3n) is 22.9. The molecule has 9 heteroatoms. The Labute approximate surface area is 593 Å². The summed E-state index contributed by atoms with van der Waals surface area (Å²) in [6, 6.07) is 94.4. The van der Waals surface area contributed by atoms with Crippen LogP contribution in [0.25, 0.3) is 174 Å². The number of fused-ring (bicyclic) bond motifs is 23. The van der Waals surface area contributed by atoms with E-state index >= 15 is 0 Å². The quantitative estimate of drug-likeness (QED) is 0.164. The Hall–Kier alpha value is -11.4. The van der Waals surface area contributed by atoms with E-state index in [1.807, 2.05) is 108 Å². The highest BCUT2D eigenvalue weighted by Crippen LogP contribution is 2.62. The summed E-state index contributed by atoms with van der Waals surface area (Å²) < 4.78 is 11.5. The fraction of sp³-hybridized carbons (Fsp3) is 0.130. The van der Waals surface area contributed by atoms with Gasteiger partial charge in [0.1, 0.15) is 11.2 Å². The van der Waals surface area contributed by atoms with Crippen molar-refractivity contribution in [2.75, 3.05) is 0 Å². The summed E-state index contributed by atoms with van der Waals surface area (Å²) in [7, 11) is 0. The molecule has 101 heavy (non-hydrogen) atoms. The number of nitrogens with zero attached hydrogens (tertiary/aromatic N) is 6. The van der Waals surface area contributed by atoms with E-state index in [0.717, 1.165) is 55.3 Å². The van der Waals surface area contributed by atoms with Crippen LogP contribution >= 0.6 is 22.7 Å². The van der Waals surface area contributed by atoms with Crippen molar-refractivity contribution in [1.29, 1.82) is 0 Å². The average molecular weight is 1340 g/mol. The smallest absolute Gasteiger partial charge is 0.164 e. The Morgan fingerprint density at radius 1 is 0.257 bits per heavy atom. The predicted octanol–water partition coefficient (Wildman–Crippen LogP) is 25.2. The largest absolute Gasteiger partial charge is 0.456 e. The molecule has 0 aliphatic heterocycles. The lowest BCUT2D eigenvalue weighted by molar-refractivity contribution is 0.302. The summed E-state index contributed by atoms with van der Waals surface area (Å²) in [5, 5.41) is 12.3. The maximum Gasteiger partial charge on any atom is 0.164 e. The first kappa shape index (κ1) is 60.8. The molecular formula is C92H68N6OS2. The summed E-state index contributed by atoms with van der Waals surface area (Å²) in [6.07, 6.45) is 0. The molecule has 484 valence electrons. The second kappa shape index (κ2) is 22.6. The number of hydrogen-bond donors (Lipinski definition) is 0. The average Bonchev–Trinajstić information content (AvgIpc) is 1.60. The molecule has 20 rings (SSSR count). The van der Waals surface area contributed by atoms with Crippen molar-refractivity contribution in [2.45, 2.75) is 77.0 Å². The molecule has 0 radical (unpaired) electrons. The molecule has 13 aromatic carbocycles. The molecule has 0 unspecified atom stereocenters. The molecule has 18 aromatic rings. The van der Waals surface area contributed by atoms with E-state index < -0.39 is 0 Å². The molecule has 2 aliphatic rings. The van der Waals surface area contributed by atoms with Crippen LogP contribution in [0.2, 0.25) is 0 Å². The van der Waals surface area contributed by atoms with E-state index in [4.69, 9.17) is 34.3 Å². The highest BCUT2D eigenvalue weighted by molar-refractivity contribution is 7.26. The van der Waals surface area contributed by atoms with E-state index in [-0.39, 0.29) is 21.7 Å². The van der Waals surface area contributed by atoms with Crippen LogP contribution in [-0.4, -0.2) is 29.9 Å².